The standard InChI is InChI=1S/C12H12N4O3/c13-11(16-18)10-12(15-6-5-14-10)19-9-4-2-1-3-8(9)7-17/h1-6,17-18H,7H2,(H2,13,16). The molecule has 0 bridgehead atoms. The van der Waals surface area contributed by atoms with Gasteiger partial charge in [-0.1, -0.05) is 23.4 Å². The average Bonchev–Trinajstić information content (AvgIpc) is 2.47. The highest BCUT2D eigenvalue weighted by Crippen LogP contribution is 2.25. The van der Waals surface area contributed by atoms with Crippen molar-refractivity contribution in [3.63, 3.8) is 0 Å². The fraction of sp³-hybridized carbons (Fsp3) is 0.0833. The number of ether oxygens (including phenoxy) is 1. The van der Waals surface area contributed by atoms with Crippen molar-refractivity contribution in [1.82, 2.24) is 9.97 Å². The molecule has 0 radical (unpaired) electrons. The highest BCUT2D eigenvalue weighted by atomic mass is 16.5. The van der Waals surface area contributed by atoms with Gasteiger partial charge in [-0.2, -0.15) is 0 Å². The summed E-state index contributed by atoms with van der Waals surface area (Å²) in [6.07, 6.45) is 2.82. The maximum atomic E-state index is 9.22. The maximum absolute atomic E-state index is 9.22. The number of hydrogen-bond donors (Lipinski definition) is 3. The highest BCUT2D eigenvalue weighted by molar-refractivity contribution is 5.97. The van der Waals surface area contributed by atoms with Crippen molar-refractivity contribution in [3.05, 3.63) is 47.9 Å². The molecule has 0 amide bonds. The molecule has 2 aromatic rings. The van der Waals surface area contributed by atoms with Gasteiger partial charge in [-0.25, -0.2) is 9.97 Å². The molecule has 0 saturated carbocycles. The van der Waals surface area contributed by atoms with Crippen molar-refractivity contribution >= 4 is 5.84 Å². The first-order valence-electron chi connectivity index (χ1n) is 5.41. The van der Waals surface area contributed by atoms with E-state index in [0.717, 1.165) is 0 Å². The van der Waals surface area contributed by atoms with Crippen molar-refractivity contribution in [2.45, 2.75) is 6.61 Å². The van der Waals surface area contributed by atoms with Crippen molar-refractivity contribution in [1.29, 1.82) is 0 Å². The van der Waals surface area contributed by atoms with E-state index in [0.29, 0.717) is 11.3 Å². The number of nitrogens with zero attached hydrogens (tertiary/aromatic N) is 3. The Kier molecular flexibility index (Phi) is 3.89. The first kappa shape index (κ1) is 12.8. The van der Waals surface area contributed by atoms with E-state index in [4.69, 9.17) is 15.7 Å². The number of aliphatic hydroxyl groups excluding tert-OH is 1. The number of aliphatic hydroxyl groups is 1. The molecule has 1 heterocycles. The zero-order valence-corrected chi connectivity index (χ0v) is 9.89. The van der Waals surface area contributed by atoms with Gasteiger partial charge in [0.1, 0.15) is 5.75 Å². The fourth-order valence-electron chi connectivity index (χ4n) is 1.46. The number of hydrogen-bond acceptors (Lipinski definition) is 6. The molecule has 0 aliphatic rings. The molecule has 4 N–H and O–H groups in total. The van der Waals surface area contributed by atoms with Crippen LogP contribution in [0, 0.1) is 0 Å². The summed E-state index contributed by atoms with van der Waals surface area (Å²) in [5.74, 6) is 0.320. The SMILES string of the molecule is NC(=NO)c1nccnc1Oc1ccccc1CO. The van der Waals surface area contributed by atoms with E-state index < -0.39 is 0 Å². The Morgan fingerprint density at radius 2 is 2.00 bits per heavy atom. The molecule has 7 nitrogen and oxygen atoms in total. The van der Waals surface area contributed by atoms with Crippen LogP contribution in [0.1, 0.15) is 11.3 Å². The fourth-order valence-corrected chi connectivity index (χ4v) is 1.46. The van der Waals surface area contributed by atoms with Crippen LogP contribution in [-0.2, 0) is 6.61 Å². The molecule has 0 fully saturated rings. The predicted octanol–water partition coefficient (Wildman–Crippen LogP) is 0.856. The first-order valence-corrected chi connectivity index (χ1v) is 5.41. The smallest absolute Gasteiger partial charge is 0.249 e. The van der Waals surface area contributed by atoms with Crippen LogP contribution in [0.25, 0.3) is 0 Å². The van der Waals surface area contributed by atoms with Crippen LogP contribution in [0.5, 0.6) is 11.6 Å². The Labute approximate surface area is 109 Å². The van der Waals surface area contributed by atoms with Crippen LogP contribution in [0.4, 0.5) is 0 Å². The van der Waals surface area contributed by atoms with Gasteiger partial charge in [-0.3, -0.25) is 0 Å². The van der Waals surface area contributed by atoms with E-state index in [1.54, 1.807) is 24.3 Å². The number of para-hydroxylation sites is 1. The Bertz CT molecular complexity index is 601. The van der Waals surface area contributed by atoms with Gasteiger partial charge in [0.2, 0.25) is 5.88 Å². The lowest BCUT2D eigenvalue weighted by molar-refractivity contribution is 0.276. The summed E-state index contributed by atoms with van der Waals surface area (Å²) in [7, 11) is 0. The molecular weight excluding hydrogens is 248 g/mol. The second-order valence-electron chi connectivity index (χ2n) is 3.56. The lowest BCUT2D eigenvalue weighted by atomic mass is 10.2. The quantitative estimate of drug-likeness (QED) is 0.325. The molecule has 7 heteroatoms. The van der Waals surface area contributed by atoms with Crippen LogP contribution >= 0.6 is 0 Å². The molecule has 19 heavy (non-hydrogen) atoms. The van der Waals surface area contributed by atoms with Gasteiger partial charge < -0.3 is 20.8 Å². The Morgan fingerprint density at radius 3 is 2.74 bits per heavy atom. The van der Waals surface area contributed by atoms with Gasteiger partial charge in [0.25, 0.3) is 0 Å². The molecule has 1 aromatic carbocycles. The number of rotatable bonds is 4. The minimum atomic E-state index is -0.204. The molecule has 0 unspecified atom stereocenters. The summed E-state index contributed by atoms with van der Waals surface area (Å²) in [5, 5.41) is 20.8. The van der Waals surface area contributed by atoms with Crippen molar-refractivity contribution < 1.29 is 15.1 Å². The second kappa shape index (κ2) is 5.78. The monoisotopic (exact) mass is 260 g/mol. The Hall–Kier alpha value is -2.67. The average molecular weight is 260 g/mol. The van der Waals surface area contributed by atoms with Crippen LogP contribution < -0.4 is 10.5 Å². The molecule has 1 aromatic heterocycles. The largest absolute Gasteiger partial charge is 0.437 e. The Balaban J connectivity index is 2.39. The first-order chi connectivity index (χ1) is 9.26. The lowest BCUT2D eigenvalue weighted by Crippen LogP contribution is -2.16. The molecule has 98 valence electrons. The van der Waals surface area contributed by atoms with Crippen LogP contribution in [0.2, 0.25) is 0 Å². The lowest BCUT2D eigenvalue weighted by Gasteiger charge is -2.10. The maximum Gasteiger partial charge on any atom is 0.249 e. The number of aromatic nitrogens is 2. The summed E-state index contributed by atoms with van der Waals surface area (Å²) < 4.78 is 5.55. The van der Waals surface area contributed by atoms with E-state index in [2.05, 4.69) is 15.1 Å². The van der Waals surface area contributed by atoms with Gasteiger partial charge >= 0.3 is 0 Å². The molecule has 2 rings (SSSR count). The van der Waals surface area contributed by atoms with Crippen LogP contribution in [0.15, 0.2) is 41.8 Å². The van der Waals surface area contributed by atoms with E-state index >= 15 is 0 Å². The van der Waals surface area contributed by atoms with E-state index in [1.165, 1.54) is 12.4 Å². The molecule has 0 spiro atoms. The third kappa shape index (κ3) is 2.78. The summed E-state index contributed by atoms with van der Waals surface area (Å²) in [6.45, 7) is -0.171. The third-order valence-electron chi connectivity index (χ3n) is 2.36. The predicted molar refractivity (Wildman–Crippen MR) is 67.0 cm³/mol. The number of benzene rings is 1. The molecule has 0 atom stereocenters. The van der Waals surface area contributed by atoms with Gasteiger partial charge in [-0.05, 0) is 6.07 Å². The summed E-state index contributed by atoms with van der Waals surface area (Å²) in [5.41, 5.74) is 6.21. The Morgan fingerprint density at radius 1 is 1.26 bits per heavy atom. The minimum Gasteiger partial charge on any atom is -0.437 e. The summed E-state index contributed by atoms with van der Waals surface area (Å²) >= 11 is 0. The van der Waals surface area contributed by atoms with E-state index in [1.807, 2.05) is 0 Å². The van der Waals surface area contributed by atoms with Gasteiger partial charge in [0.15, 0.2) is 11.5 Å². The van der Waals surface area contributed by atoms with Gasteiger partial charge in [-0.15, -0.1) is 0 Å². The highest BCUT2D eigenvalue weighted by Gasteiger charge is 2.13. The topological polar surface area (TPSA) is 114 Å². The number of oxime groups is 1. The van der Waals surface area contributed by atoms with Gasteiger partial charge in [0, 0.05) is 18.0 Å². The summed E-state index contributed by atoms with van der Waals surface area (Å²) in [4.78, 5) is 7.92. The minimum absolute atomic E-state index is 0.0960. The van der Waals surface area contributed by atoms with Crippen molar-refractivity contribution in [2.24, 2.45) is 10.9 Å². The molecular formula is C12H12N4O3. The number of amidine groups is 1. The zero-order chi connectivity index (χ0) is 13.7. The molecule has 0 aliphatic carbocycles. The molecule has 0 saturated heterocycles. The second-order valence-corrected chi connectivity index (χ2v) is 3.56. The van der Waals surface area contributed by atoms with Crippen molar-refractivity contribution in [3.8, 4) is 11.6 Å². The normalized spacial score (nSPS) is 11.3. The summed E-state index contributed by atoms with van der Waals surface area (Å²) in [6, 6.07) is 6.93. The van der Waals surface area contributed by atoms with E-state index in [-0.39, 0.29) is 24.0 Å². The molecule has 0 aliphatic heterocycles. The van der Waals surface area contributed by atoms with E-state index in [9.17, 15) is 5.11 Å². The zero-order valence-electron chi connectivity index (χ0n) is 9.89. The van der Waals surface area contributed by atoms with Crippen LogP contribution in [-0.4, -0.2) is 26.1 Å². The third-order valence-corrected chi connectivity index (χ3v) is 2.36. The van der Waals surface area contributed by atoms with Crippen LogP contribution in [0.3, 0.4) is 0 Å². The van der Waals surface area contributed by atoms with Crippen molar-refractivity contribution in [2.75, 3.05) is 0 Å². The number of nitrogens with two attached hydrogens (primary N) is 1. The van der Waals surface area contributed by atoms with Gasteiger partial charge in [0.05, 0.1) is 6.61 Å².